The van der Waals surface area contributed by atoms with Gasteiger partial charge in [-0.25, -0.2) is 0 Å². The molecule has 35 heavy (non-hydrogen) atoms. The van der Waals surface area contributed by atoms with Gasteiger partial charge in [-0.05, 0) is 30.7 Å². The molecule has 4 unspecified atom stereocenters. The maximum Gasteiger partial charge on any atom is 0.573 e. The predicted octanol–water partition coefficient (Wildman–Crippen LogP) is 1.13. The van der Waals surface area contributed by atoms with Gasteiger partial charge in [0.25, 0.3) is 0 Å². The molecule has 0 bridgehead atoms. The Bertz CT molecular complexity index is 998. The van der Waals surface area contributed by atoms with Gasteiger partial charge in [-0.1, -0.05) is 5.16 Å². The third-order valence-corrected chi connectivity index (χ3v) is 5.16. The second-order valence-electron chi connectivity index (χ2n) is 7.72. The van der Waals surface area contributed by atoms with E-state index in [9.17, 15) is 33.0 Å². The van der Waals surface area contributed by atoms with E-state index in [-0.39, 0.29) is 43.4 Å². The maximum absolute atomic E-state index is 12.3. The molecule has 0 saturated carbocycles. The lowest BCUT2D eigenvalue weighted by Crippen LogP contribution is -2.39. The molecule has 1 fully saturated rings. The van der Waals surface area contributed by atoms with Gasteiger partial charge in [0.1, 0.15) is 24.1 Å². The molecule has 0 aliphatic carbocycles. The molecule has 0 spiro atoms. The van der Waals surface area contributed by atoms with Crippen LogP contribution in [0.1, 0.15) is 25.2 Å². The van der Waals surface area contributed by atoms with Gasteiger partial charge in [-0.2, -0.15) is 4.98 Å². The Morgan fingerprint density at radius 2 is 1.80 bits per heavy atom. The number of methoxy groups -OCH3 is 1. The summed E-state index contributed by atoms with van der Waals surface area (Å²) in [4.78, 5) is 27.1. The summed E-state index contributed by atoms with van der Waals surface area (Å²) in [6.07, 6.45) is -8.73. The number of benzene rings is 1. The molecule has 1 aromatic heterocycles. The summed E-state index contributed by atoms with van der Waals surface area (Å²) in [6, 6.07) is 4.86. The number of carbonyl (C=O) groups is 2. The van der Waals surface area contributed by atoms with Gasteiger partial charge >= 0.3 is 12.3 Å². The number of aromatic nitrogens is 2. The lowest BCUT2D eigenvalue weighted by Gasteiger charge is -2.15. The molecule has 1 aromatic carbocycles. The van der Waals surface area contributed by atoms with Crippen molar-refractivity contribution < 1.29 is 51.7 Å². The van der Waals surface area contributed by atoms with Gasteiger partial charge in [0, 0.05) is 24.9 Å². The second-order valence-corrected chi connectivity index (χ2v) is 7.72. The van der Waals surface area contributed by atoms with Crippen molar-refractivity contribution in [1.82, 2.24) is 15.5 Å². The summed E-state index contributed by atoms with van der Waals surface area (Å²) < 4.78 is 55.9. The lowest BCUT2D eigenvalue weighted by atomic mass is 10.1. The molecule has 1 saturated heterocycles. The molecular weight excluding hydrogens is 479 g/mol. The minimum absolute atomic E-state index is 0.0515. The zero-order valence-electron chi connectivity index (χ0n) is 18.5. The molecule has 3 rings (SSSR count). The molecule has 2 heterocycles. The Hall–Kier alpha value is -3.23. The first-order valence-electron chi connectivity index (χ1n) is 10.6. The van der Waals surface area contributed by atoms with E-state index in [4.69, 9.17) is 9.26 Å². The number of hydrogen-bond donors (Lipinski definition) is 3. The Labute approximate surface area is 197 Å². The monoisotopic (exact) mass is 503 g/mol. The number of esters is 1. The number of carbonyl (C=O) groups excluding carboxylic acids is 2. The lowest BCUT2D eigenvalue weighted by molar-refractivity contribution is -0.274. The van der Waals surface area contributed by atoms with Crippen LogP contribution in [0.15, 0.2) is 28.8 Å². The van der Waals surface area contributed by atoms with E-state index < -0.39 is 42.5 Å². The van der Waals surface area contributed by atoms with Crippen LogP contribution in [0.5, 0.6) is 5.75 Å². The number of alkyl halides is 3. The third-order valence-electron chi connectivity index (χ3n) is 5.16. The van der Waals surface area contributed by atoms with Crippen LogP contribution in [-0.4, -0.2) is 76.7 Å². The van der Waals surface area contributed by atoms with Crippen LogP contribution >= 0.6 is 0 Å². The first-order valence-corrected chi connectivity index (χ1v) is 10.6. The molecule has 192 valence electrons. The quantitative estimate of drug-likeness (QED) is 0.402. The first-order chi connectivity index (χ1) is 16.6. The highest BCUT2D eigenvalue weighted by Crippen LogP contribution is 2.27. The number of aliphatic hydroxyl groups excluding tert-OH is 2. The van der Waals surface area contributed by atoms with Gasteiger partial charge in [0.15, 0.2) is 0 Å². The van der Waals surface area contributed by atoms with Crippen molar-refractivity contribution >= 4 is 11.9 Å². The van der Waals surface area contributed by atoms with E-state index in [2.05, 4.69) is 24.9 Å². The summed E-state index contributed by atoms with van der Waals surface area (Å²) in [5.41, 5.74) is 0.371. The number of nitrogens with one attached hydrogen (secondary N) is 1. The van der Waals surface area contributed by atoms with Gasteiger partial charge in [-0.3, -0.25) is 9.59 Å². The average molecular weight is 503 g/mol. The topological polar surface area (TPSA) is 153 Å². The van der Waals surface area contributed by atoms with Crippen molar-refractivity contribution in [2.45, 2.75) is 56.5 Å². The molecule has 4 atom stereocenters. The van der Waals surface area contributed by atoms with E-state index >= 15 is 0 Å². The molecule has 14 heteroatoms. The minimum Gasteiger partial charge on any atom is -0.469 e. The fourth-order valence-electron chi connectivity index (χ4n) is 3.39. The van der Waals surface area contributed by atoms with Crippen molar-refractivity contribution in [3.05, 3.63) is 30.2 Å². The summed E-state index contributed by atoms with van der Waals surface area (Å²) in [5, 5.41) is 26.9. The second kappa shape index (κ2) is 11.5. The summed E-state index contributed by atoms with van der Waals surface area (Å²) in [5.74, 6) is -1.00. The van der Waals surface area contributed by atoms with Crippen LogP contribution in [0.4, 0.5) is 13.2 Å². The van der Waals surface area contributed by atoms with Gasteiger partial charge in [0.2, 0.25) is 17.6 Å². The van der Waals surface area contributed by atoms with E-state index in [0.717, 1.165) is 12.1 Å². The third kappa shape index (κ3) is 7.63. The molecule has 11 nitrogen and oxygen atoms in total. The van der Waals surface area contributed by atoms with Crippen LogP contribution in [-0.2, 0) is 25.5 Å². The minimum atomic E-state index is -4.81. The average Bonchev–Trinajstić information content (AvgIpc) is 3.37. The van der Waals surface area contributed by atoms with Crippen molar-refractivity contribution in [3.63, 3.8) is 0 Å². The van der Waals surface area contributed by atoms with Gasteiger partial charge in [-0.15, -0.1) is 13.2 Å². The number of ether oxygens (including phenoxy) is 3. The largest absolute Gasteiger partial charge is 0.573 e. The summed E-state index contributed by atoms with van der Waals surface area (Å²) in [7, 11) is 1.26. The molecular formula is C21H24F3N3O8. The highest BCUT2D eigenvalue weighted by Gasteiger charge is 2.43. The Kier molecular flexibility index (Phi) is 8.64. The standard InChI is InChI=1S/C21H24F3N3O8/c1-32-17(29)4-2-3-15(28)25-10-14-19(31)18(30)13(33-14)9-16-26-20(27-35-16)11-5-7-12(8-6-11)34-21(22,23)24/h5-8,13-14,18-19,30-31H,2-4,9-10H2,1H3,(H,25,28). The van der Waals surface area contributed by atoms with Gasteiger partial charge < -0.3 is 34.3 Å². The normalized spacial score (nSPS) is 22.1. The smallest absolute Gasteiger partial charge is 0.469 e. The Morgan fingerprint density at radius 1 is 1.11 bits per heavy atom. The van der Waals surface area contributed by atoms with E-state index in [1.165, 1.54) is 19.2 Å². The van der Waals surface area contributed by atoms with Crippen LogP contribution < -0.4 is 10.1 Å². The maximum atomic E-state index is 12.3. The first kappa shape index (κ1) is 26.4. The van der Waals surface area contributed by atoms with Crippen molar-refractivity contribution in [1.29, 1.82) is 0 Å². The highest BCUT2D eigenvalue weighted by atomic mass is 19.4. The molecule has 1 amide bonds. The highest BCUT2D eigenvalue weighted by molar-refractivity contribution is 5.77. The fourth-order valence-corrected chi connectivity index (χ4v) is 3.39. The Balaban J connectivity index is 1.50. The van der Waals surface area contributed by atoms with E-state index in [1.807, 2.05) is 0 Å². The van der Waals surface area contributed by atoms with Crippen molar-refractivity contribution in [2.75, 3.05) is 13.7 Å². The number of halogens is 3. The zero-order valence-corrected chi connectivity index (χ0v) is 18.5. The van der Waals surface area contributed by atoms with E-state index in [1.54, 1.807) is 0 Å². The molecule has 2 aromatic rings. The number of hydrogen-bond acceptors (Lipinski definition) is 10. The number of aliphatic hydroxyl groups is 2. The number of amides is 1. The number of rotatable bonds is 10. The molecule has 1 aliphatic rings. The van der Waals surface area contributed by atoms with Crippen molar-refractivity contribution in [3.8, 4) is 17.1 Å². The summed E-state index contributed by atoms with van der Waals surface area (Å²) in [6.45, 7) is -0.0623. The zero-order chi connectivity index (χ0) is 25.6. The van der Waals surface area contributed by atoms with Crippen LogP contribution in [0.25, 0.3) is 11.4 Å². The molecule has 0 radical (unpaired) electrons. The number of nitrogens with zero attached hydrogens (tertiary/aromatic N) is 2. The fraction of sp³-hybridized carbons (Fsp3) is 0.524. The molecule has 1 aliphatic heterocycles. The van der Waals surface area contributed by atoms with E-state index in [0.29, 0.717) is 12.0 Å². The summed E-state index contributed by atoms with van der Waals surface area (Å²) >= 11 is 0. The van der Waals surface area contributed by atoms with Crippen LogP contribution in [0.2, 0.25) is 0 Å². The van der Waals surface area contributed by atoms with Crippen LogP contribution in [0, 0.1) is 0 Å². The van der Waals surface area contributed by atoms with Gasteiger partial charge in [0.05, 0.1) is 19.6 Å². The van der Waals surface area contributed by atoms with Crippen LogP contribution in [0.3, 0.4) is 0 Å². The Morgan fingerprint density at radius 3 is 2.46 bits per heavy atom. The van der Waals surface area contributed by atoms with Crippen molar-refractivity contribution in [2.24, 2.45) is 0 Å². The predicted molar refractivity (Wildman–Crippen MR) is 110 cm³/mol. The molecule has 3 N–H and O–H groups in total. The SMILES string of the molecule is COC(=O)CCCC(=O)NCC1OC(Cc2nc(-c3ccc(OC(F)(F)F)cc3)no2)C(O)C1O.